The van der Waals surface area contributed by atoms with E-state index in [1.54, 1.807) is 25.3 Å². The molecule has 9 nitrogen and oxygen atoms in total. The third-order valence-electron chi connectivity index (χ3n) is 4.83. The van der Waals surface area contributed by atoms with Crippen molar-refractivity contribution in [1.82, 2.24) is 9.88 Å². The number of anilines is 2. The number of halogens is 1. The molecule has 0 saturated carbocycles. The molecule has 0 spiro atoms. The van der Waals surface area contributed by atoms with Crippen molar-refractivity contribution in [1.29, 1.82) is 0 Å². The Morgan fingerprint density at radius 2 is 2.03 bits per heavy atom. The van der Waals surface area contributed by atoms with Crippen LogP contribution in [0.5, 0.6) is 17.2 Å². The number of likely N-dealkylation sites (tertiary alicyclic amines) is 1. The molecule has 0 bridgehead atoms. The Morgan fingerprint density at radius 3 is 2.68 bits per heavy atom. The van der Waals surface area contributed by atoms with E-state index in [0.717, 1.165) is 0 Å². The van der Waals surface area contributed by atoms with Gasteiger partial charge in [-0.25, -0.2) is 14.2 Å². The molecule has 1 aromatic heterocycles. The van der Waals surface area contributed by atoms with Gasteiger partial charge in [0.2, 0.25) is 5.75 Å². The number of amides is 1. The molecule has 1 amide bonds. The number of pyridine rings is 1. The van der Waals surface area contributed by atoms with Crippen molar-refractivity contribution in [3.05, 3.63) is 36.3 Å². The van der Waals surface area contributed by atoms with E-state index in [1.165, 1.54) is 24.3 Å². The molecule has 168 valence electrons. The van der Waals surface area contributed by atoms with Crippen molar-refractivity contribution in [2.24, 2.45) is 0 Å². The van der Waals surface area contributed by atoms with Crippen molar-refractivity contribution in [2.45, 2.75) is 18.9 Å². The van der Waals surface area contributed by atoms with Crippen LogP contribution in [0.15, 0.2) is 30.5 Å². The Bertz CT molecular complexity index is 889. The number of piperidine rings is 1. The first kappa shape index (κ1) is 22.4. The Morgan fingerprint density at radius 1 is 1.26 bits per heavy atom. The Balaban J connectivity index is 1.69. The molecule has 3 rings (SSSR count). The zero-order valence-corrected chi connectivity index (χ0v) is 17.5. The first-order chi connectivity index (χ1) is 15.0. The summed E-state index contributed by atoms with van der Waals surface area (Å²) in [6.45, 7) is 1.54. The molecule has 0 atom stereocenters. The number of carboxylic acid groups (broad SMARTS) is 1. The van der Waals surface area contributed by atoms with Crippen molar-refractivity contribution in [2.75, 3.05) is 45.8 Å². The van der Waals surface area contributed by atoms with Crippen molar-refractivity contribution in [3.8, 4) is 17.2 Å². The molecule has 2 aromatic rings. The highest BCUT2D eigenvalue weighted by Crippen LogP contribution is 2.37. The number of hydrogen-bond acceptors (Lipinski definition) is 7. The number of nitrogens with zero attached hydrogens (tertiary/aromatic N) is 2. The van der Waals surface area contributed by atoms with Gasteiger partial charge in [-0.1, -0.05) is 0 Å². The average molecular weight is 435 g/mol. The molecule has 2 N–H and O–H groups in total. The molecular formula is C21H26FN3O6. The van der Waals surface area contributed by atoms with Crippen LogP contribution in [0, 0.1) is 5.82 Å². The number of ether oxygens (including phenoxy) is 4. The van der Waals surface area contributed by atoms with Crippen LogP contribution in [0.25, 0.3) is 0 Å². The highest BCUT2D eigenvalue weighted by atomic mass is 19.1. The molecule has 31 heavy (non-hydrogen) atoms. The van der Waals surface area contributed by atoms with Crippen molar-refractivity contribution in [3.63, 3.8) is 0 Å². The largest absolute Gasteiger partial charge is 0.491 e. The molecular weight excluding hydrogens is 409 g/mol. The maximum absolute atomic E-state index is 14.5. The van der Waals surface area contributed by atoms with Gasteiger partial charge in [0.25, 0.3) is 0 Å². The van der Waals surface area contributed by atoms with Gasteiger partial charge in [0, 0.05) is 51.4 Å². The van der Waals surface area contributed by atoms with E-state index in [4.69, 9.17) is 24.1 Å². The van der Waals surface area contributed by atoms with Crippen LogP contribution in [-0.4, -0.2) is 67.7 Å². The Kier molecular flexibility index (Phi) is 7.71. The lowest BCUT2D eigenvalue weighted by molar-refractivity contribution is 0.0878. The Labute approximate surface area is 179 Å². The summed E-state index contributed by atoms with van der Waals surface area (Å²) in [5.41, 5.74) is 0.205. The van der Waals surface area contributed by atoms with Gasteiger partial charge in [-0.2, -0.15) is 0 Å². The van der Waals surface area contributed by atoms with Crippen LogP contribution in [0.3, 0.4) is 0 Å². The Hall–Kier alpha value is -3.27. The minimum Gasteiger partial charge on any atom is -0.491 e. The summed E-state index contributed by atoms with van der Waals surface area (Å²) in [5, 5.41) is 12.0. The number of hydrogen-bond donors (Lipinski definition) is 2. The van der Waals surface area contributed by atoms with Crippen LogP contribution in [-0.2, 0) is 4.74 Å². The number of carbonyl (C=O) groups is 1. The maximum atomic E-state index is 14.5. The summed E-state index contributed by atoms with van der Waals surface area (Å²) in [6.07, 6.45) is 1.59. The van der Waals surface area contributed by atoms with Gasteiger partial charge in [-0.3, -0.25) is 0 Å². The average Bonchev–Trinajstić information content (AvgIpc) is 2.76. The van der Waals surface area contributed by atoms with Crippen LogP contribution >= 0.6 is 0 Å². The zero-order valence-electron chi connectivity index (χ0n) is 17.5. The fourth-order valence-corrected chi connectivity index (χ4v) is 3.21. The van der Waals surface area contributed by atoms with Crippen molar-refractivity contribution >= 4 is 17.6 Å². The number of aromatic nitrogens is 1. The highest BCUT2D eigenvalue weighted by Gasteiger charge is 2.25. The summed E-state index contributed by atoms with van der Waals surface area (Å²) < 4.78 is 36.4. The van der Waals surface area contributed by atoms with E-state index in [9.17, 15) is 9.18 Å². The fraction of sp³-hybridized carbons (Fsp3) is 0.429. The van der Waals surface area contributed by atoms with E-state index in [2.05, 4.69) is 10.3 Å². The summed E-state index contributed by atoms with van der Waals surface area (Å²) in [4.78, 5) is 16.7. The predicted octanol–water partition coefficient (Wildman–Crippen LogP) is 3.52. The zero-order chi connectivity index (χ0) is 22.2. The monoisotopic (exact) mass is 435 g/mol. The molecule has 10 heteroatoms. The molecule has 1 fully saturated rings. The molecule has 1 saturated heterocycles. The summed E-state index contributed by atoms with van der Waals surface area (Å²) >= 11 is 0. The number of rotatable bonds is 9. The van der Waals surface area contributed by atoms with E-state index >= 15 is 0 Å². The van der Waals surface area contributed by atoms with Gasteiger partial charge in [-0.15, -0.1) is 0 Å². The fourth-order valence-electron chi connectivity index (χ4n) is 3.21. The third-order valence-corrected chi connectivity index (χ3v) is 4.83. The lowest BCUT2D eigenvalue weighted by Crippen LogP contribution is -2.41. The van der Waals surface area contributed by atoms with Gasteiger partial charge in [0.15, 0.2) is 11.6 Å². The van der Waals surface area contributed by atoms with Crippen LogP contribution in [0.4, 0.5) is 20.7 Å². The summed E-state index contributed by atoms with van der Waals surface area (Å²) in [7, 11) is 3.04. The van der Waals surface area contributed by atoms with E-state index < -0.39 is 11.9 Å². The maximum Gasteiger partial charge on any atom is 0.407 e. The smallest absolute Gasteiger partial charge is 0.407 e. The normalized spacial score (nSPS) is 14.2. The van der Waals surface area contributed by atoms with Crippen LogP contribution < -0.4 is 19.5 Å². The molecule has 1 aliphatic rings. The first-order valence-electron chi connectivity index (χ1n) is 9.87. The quantitative estimate of drug-likeness (QED) is 0.577. The molecule has 0 aliphatic carbocycles. The molecule has 1 aromatic carbocycles. The number of methoxy groups -OCH3 is 2. The SMILES string of the molecule is COCCOc1ccc(Nc2nccc(OC3CCN(C(=O)O)CC3)c2OC)c(F)c1. The van der Waals surface area contributed by atoms with E-state index in [-0.39, 0.29) is 11.8 Å². The second kappa shape index (κ2) is 10.7. The van der Waals surface area contributed by atoms with Crippen LogP contribution in [0.1, 0.15) is 12.8 Å². The number of benzene rings is 1. The number of nitrogens with one attached hydrogen (secondary N) is 1. The molecule has 1 aliphatic heterocycles. The second-order valence-corrected chi connectivity index (χ2v) is 6.89. The third kappa shape index (κ3) is 5.88. The van der Waals surface area contributed by atoms with Gasteiger partial charge in [0.05, 0.1) is 19.4 Å². The van der Waals surface area contributed by atoms with Gasteiger partial charge < -0.3 is 34.3 Å². The van der Waals surface area contributed by atoms with E-state index in [0.29, 0.717) is 62.2 Å². The standard InChI is InChI=1S/C21H26FN3O6/c1-28-11-12-30-15-3-4-17(16(22)13-15)24-20-19(29-2)18(5-8-23-20)31-14-6-9-25(10-7-14)21(26)27/h3-5,8,13-14H,6-7,9-12H2,1-2H3,(H,23,24)(H,26,27). The minimum atomic E-state index is -0.927. The first-order valence-corrected chi connectivity index (χ1v) is 9.87. The lowest BCUT2D eigenvalue weighted by Gasteiger charge is -2.30. The molecule has 0 unspecified atom stereocenters. The van der Waals surface area contributed by atoms with Gasteiger partial charge >= 0.3 is 6.09 Å². The second-order valence-electron chi connectivity index (χ2n) is 6.89. The van der Waals surface area contributed by atoms with E-state index in [1.807, 2.05) is 0 Å². The predicted molar refractivity (Wildman–Crippen MR) is 111 cm³/mol. The summed E-state index contributed by atoms with van der Waals surface area (Å²) in [5.74, 6) is 0.975. The van der Waals surface area contributed by atoms with Crippen LogP contribution in [0.2, 0.25) is 0 Å². The molecule has 0 radical (unpaired) electrons. The van der Waals surface area contributed by atoms with Gasteiger partial charge in [0.1, 0.15) is 24.3 Å². The van der Waals surface area contributed by atoms with Crippen molar-refractivity contribution < 1.29 is 33.2 Å². The molecule has 2 heterocycles. The summed E-state index contributed by atoms with van der Waals surface area (Å²) in [6, 6.07) is 6.13. The lowest BCUT2D eigenvalue weighted by atomic mass is 10.1. The highest BCUT2D eigenvalue weighted by molar-refractivity contribution is 5.67. The topological polar surface area (TPSA) is 102 Å². The van der Waals surface area contributed by atoms with Gasteiger partial charge in [-0.05, 0) is 12.1 Å². The minimum absolute atomic E-state index is 0.153.